The first kappa shape index (κ1) is 11.0. The lowest BCUT2D eigenvalue weighted by atomic mass is 9.78. The predicted molar refractivity (Wildman–Crippen MR) is 56.8 cm³/mol. The molecule has 0 aliphatic heterocycles. The molecule has 1 fully saturated rings. The van der Waals surface area contributed by atoms with E-state index in [1.807, 2.05) is 0 Å². The highest BCUT2D eigenvalue weighted by Crippen LogP contribution is 2.34. The van der Waals surface area contributed by atoms with Gasteiger partial charge in [-0.2, -0.15) is 0 Å². The maximum Gasteiger partial charge on any atom is 0.0584 e. The fourth-order valence-electron chi connectivity index (χ4n) is 1.98. The van der Waals surface area contributed by atoms with Crippen LogP contribution in [0.4, 0.5) is 0 Å². The summed E-state index contributed by atoms with van der Waals surface area (Å²) in [6.45, 7) is 8.87. The van der Waals surface area contributed by atoms with E-state index in [0.29, 0.717) is 12.2 Å². The van der Waals surface area contributed by atoms with Crippen LogP contribution in [0.25, 0.3) is 0 Å². The summed E-state index contributed by atoms with van der Waals surface area (Å²) in [5.41, 5.74) is 0. The van der Waals surface area contributed by atoms with Gasteiger partial charge in [-0.25, -0.2) is 0 Å². The van der Waals surface area contributed by atoms with Gasteiger partial charge in [0.15, 0.2) is 0 Å². The van der Waals surface area contributed by atoms with E-state index in [1.54, 1.807) is 0 Å². The van der Waals surface area contributed by atoms with Crippen molar-refractivity contribution in [3.05, 3.63) is 0 Å². The van der Waals surface area contributed by atoms with Crippen molar-refractivity contribution in [2.45, 2.75) is 65.6 Å². The van der Waals surface area contributed by atoms with Crippen LogP contribution in [-0.4, -0.2) is 12.2 Å². The molecule has 0 saturated heterocycles. The van der Waals surface area contributed by atoms with Crippen molar-refractivity contribution in [3.63, 3.8) is 0 Å². The van der Waals surface area contributed by atoms with E-state index in [-0.39, 0.29) is 0 Å². The zero-order valence-electron chi connectivity index (χ0n) is 9.55. The first-order chi connectivity index (χ1) is 6.08. The third-order valence-corrected chi connectivity index (χ3v) is 2.81. The standard InChI is InChI=1S/C12H24O/c1-9(2)5-6-11-7-12(8-11)13-10(3)4/h9-12H,5-8H2,1-4H3. The normalized spacial score (nSPS) is 28.2. The monoisotopic (exact) mass is 184 g/mol. The quantitative estimate of drug-likeness (QED) is 0.634. The van der Waals surface area contributed by atoms with Crippen LogP contribution >= 0.6 is 0 Å². The van der Waals surface area contributed by atoms with Crippen molar-refractivity contribution in [2.75, 3.05) is 0 Å². The highest BCUT2D eigenvalue weighted by Gasteiger charge is 2.29. The van der Waals surface area contributed by atoms with Crippen molar-refractivity contribution in [1.82, 2.24) is 0 Å². The van der Waals surface area contributed by atoms with Crippen molar-refractivity contribution < 1.29 is 4.74 Å². The van der Waals surface area contributed by atoms with Gasteiger partial charge in [-0.15, -0.1) is 0 Å². The Morgan fingerprint density at radius 2 is 1.77 bits per heavy atom. The molecule has 0 radical (unpaired) electrons. The summed E-state index contributed by atoms with van der Waals surface area (Å²) in [7, 11) is 0. The Morgan fingerprint density at radius 3 is 2.23 bits per heavy atom. The average Bonchev–Trinajstić information content (AvgIpc) is 1.92. The zero-order valence-corrected chi connectivity index (χ0v) is 9.55. The fraction of sp³-hybridized carbons (Fsp3) is 1.00. The molecule has 1 nitrogen and oxygen atoms in total. The number of hydrogen-bond acceptors (Lipinski definition) is 1. The van der Waals surface area contributed by atoms with Gasteiger partial charge in [0.1, 0.15) is 0 Å². The summed E-state index contributed by atoms with van der Waals surface area (Å²) in [6.07, 6.45) is 6.41. The predicted octanol–water partition coefficient (Wildman–Crippen LogP) is 3.63. The topological polar surface area (TPSA) is 9.23 Å². The molecular weight excluding hydrogens is 160 g/mol. The van der Waals surface area contributed by atoms with Gasteiger partial charge in [0.25, 0.3) is 0 Å². The Kier molecular flexibility index (Phi) is 4.24. The SMILES string of the molecule is CC(C)CCC1CC(OC(C)C)C1. The summed E-state index contributed by atoms with van der Waals surface area (Å²) in [4.78, 5) is 0. The molecule has 0 atom stereocenters. The minimum absolute atomic E-state index is 0.413. The summed E-state index contributed by atoms with van der Waals surface area (Å²) in [6, 6.07) is 0. The van der Waals surface area contributed by atoms with E-state index in [2.05, 4.69) is 27.7 Å². The lowest BCUT2D eigenvalue weighted by Crippen LogP contribution is -2.33. The van der Waals surface area contributed by atoms with Crippen LogP contribution < -0.4 is 0 Å². The van der Waals surface area contributed by atoms with Crippen LogP contribution in [0.2, 0.25) is 0 Å². The molecular formula is C12H24O. The van der Waals surface area contributed by atoms with Crippen LogP contribution in [0.3, 0.4) is 0 Å². The van der Waals surface area contributed by atoms with Crippen molar-refractivity contribution >= 4 is 0 Å². The molecule has 13 heavy (non-hydrogen) atoms. The minimum Gasteiger partial charge on any atom is -0.376 e. The molecule has 0 aromatic rings. The maximum absolute atomic E-state index is 5.72. The molecule has 0 bridgehead atoms. The van der Waals surface area contributed by atoms with Gasteiger partial charge in [-0.3, -0.25) is 0 Å². The number of ether oxygens (including phenoxy) is 1. The summed E-state index contributed by atoms with van der Waals surface area (Å²) < 4.78 is 5.72. The Labute approximate surface area is 82.9 Å². The zero-order chi connectivity index (χ0) is 9.84. The molecule has 1 rings (SSSR count). The second-order valence-corrected chi connectivity index (χ2v) is 5.12. The van der Waals surface area contributed by atoms with Gasteiger partial charge in [-0.05, 0) is 38.5 Å². The molecule has 0 unspecified atom stereocenters. The van der Waals surface area contributed by atoms with Crippen LogP contribution in [0.1, 0.15) is 53.4 Å². The Bertz CT molecular complexity index is 134. The van der Waals surface area contributed by atoms with E-state index in [9.17, 15) is 0 Å². The highest BCUT2D eigenvalue weighted by molar-refractivity contribution is 4.80. The Balaban J connectivity index is 1.98. The number of hydrogen-bond donors (Lipinski definition) is 0. The van der Waals surface area contributed by atoms with Gasteiger partial charge in [0, 0.05) is 0 Å². The fourth-order valence-corrected chi connectivity index (χ4v) is 1.98. The molecule has 0 aromatic carbocycles. The van der Waals surface area contributed by atoms with Gasteiger partial charge >= 0.3 is 0 Å². The number of rotatable bonds is 5. The minimum atomic E-state index is 0.413. The van der Waals surface area contributed by atoms with Crippen LogP contribution in [0.5, 0.6) is 0 Å². The molecule has 0 amide bonds. The molecule has 0 N–H and O–H groups in total. The second-order valence-electron chi connectivity index (χ2n) is 5.12. The van der Waals surface area contributed by atoms with E-state index in [4.69, 9.17) is 4.74 Å². The van der Waals surface area contributed by atoms with Gasteiger partial charge < -0.3 is 4.74 Å². The van der Waals surface area contributed by atoms with Crippen LogP contribution in [0.15, 0.2) is 0 Å². The molecule has 0 heterocycles. The van der Waals surface area contributed by atoms with E-state index < -0.39 is 0 Å². The van der Waals surface area contributed by atoms with Gasteiger partial charge in [0.05, 0.1) is 12.2 Å². The third kappa shape index (κ3) is 4.12. The van der Waals surface area contributed by atoms with Gasteiger partial charge in [0.2, 0.25) is 0 Å². The van der Waals surface area contributed by atoms with Crippen LogP contribution in [0, 0.1) is 11.8 Å². The average molecular weight is 184 g/mol. The lowest BCUT2D eigenvalue weighted by molar-refractivity contribution is -0.0642. The maximum atomic E-state index is 5.72. The van der Waals surface area contributed by atoms with Crippen molar-refractivity contribution in [2.24, 2.45) is 11.8 Å². The molecule has 1 saturated carbocycles. The second kappa shape index (κ2) is 4.99. The summed E-state index contributed by atoms with van der Waals surface area (Å²) >= 11 is 0. The smallest absolute Gasteiger partial charge is 0.0584 e. The molecule has 1 aliphatic rings. The third-order valence-electron chi connectivity index (χ3n) is 2.81. The highest BCUT2D eigenvalue weighted by atomic mass is 16.5. The van der Waals surface area contributed by atoms with E-state index in [1.165, 1.54) is 25.7 Å². The Hall–Kier alpha value is -0.0400. The first-order valence-electron chi connectivity index (χ1n) is 5.73. The van der Waals surface area contributed by atoms with Crippen molar-refractivity contribution in [1.29, 1.82) is 0 Å². The molecule has 78 valence electrons. The molecule has 0 spiro atoms. The lowest BCUT2D eigenvalue weighted by Gasteiger charge is -2.36. The molecule has 1 heteroatoms. The van der Waals surface area contributed by atoms with Crippen LogP contribution in [-0.2, 0) is 4.74 Å². The van der Waals surface area contributed by atoms with E-state index >= 15 is 0 Å². The summed E-state index contributed by atoms with van der Waals surface area (Å²) in [5.74, 6) is 1.83. The molecule has 0 aromatic heterocycles. The largest absolute Gasteiger partial charge is 0.376 e. The van der Waals surface area contributed by atoms with E-state index in [0.717, 1.165) is 11.8 Å². The molecule has 1 aliphatic carbocycles. The first-order valence-corrected chi connectivity index (χ1v) is 5.73. The van der Waals surface area contributed by atoms with Crippen molar-refractivity contribution in [3.8, 4) is 0 Å². The van der Waals surface area contributed by atoms with Gasteiger partial charge in [-0.1, -0.05) is 26.7 Å². The Morgan fingerprint density at radius 1 is 1.15 bits per heavy atom. The summed E-state index contributed by atoms with van der Waals surface area (Å²) in [5, 5.41) is 0.